The van der Waals surface area contributed by atoms with Crippen molar-refractivity contribution in [3.8, 4) is 5.75 Å². The molecule has 0 N–H and O–H groups in total. The Morgan fingerprint density at radius 3 is 2.20 bits per heavy atom. The van der Waals surface area contributed by atoms with Gasteiger partial charge in [0.1, 0.15) is 11.4 Å². The van der Waals surface area contributed by atoms with E-state index in [0.29, 0.717) is 12.1 Å². The zero-order chi connectivity index (χ0) is 19.0. The lowest BCUT2D eigenvalue weighted by molar-refractivity contribution is -0.134. The number of nitrogens with zero attached hydrogens (tertiary/aromatic N) is 1. The first kappa shape index (κ1) is 20.5. The van der Waals surface area contributed by atoms with Gasteiger partial charge in [-0.05, 0) is 51.0 Å². The summed E-state index contributed by atoms with van der Waals surface area (Å²) < 4.78 is 15.2. The quantitative estimate of drug-likeness (QED) is 0.580. The molecule has 6 heteroatoms. The Morgan fingerprint density at radius 1 is 1.12 bits per heavy atom. The highest BCUT2D eigenvalue weighted by atomic mass is 16.6. The molecule has 0 spiro atoms. The molecule has 1 aromatic rings. The van der Waals surface area contributed by atoms with E-state index in [1.807, 2.05) is 45.0 Å². The molecule has 0 heterocycles. The number of rotatable bonds is 6. The van der Waals surface area contributed by atoms with Gasteiger partial charge in [-0.1, -0.05) is 12.1 Å². The van der Waals surface area contributed by atoms with Gasteiger partial charge in [-0.2, -0.15) is 0 Å². The molecule has 0 aliphatic carbocycles. The third-order valence-corrected chi connectivity index (χ3v) is 3.19. The maximum atomic E-state index is 12.5. The van der Waals surface area contributed by atoms with Crippen LogP contribution in [0.2, 0.25) is 0 Å². The molecule has 0 radical (unpaired) electrons. The molecule has 1 amide bonds. The minimum Gasteiger partial charge on any atom is -0.497 e. The molecule has 0 bridgehead atoms. The highest BCUT2D eigenvalue weighted by Crippen LogP contribution is 2.17. The van der Waals surface area contributed by atoms with Crippen molar-refractivity contribution in [3.63, 3.8) is 0 Å². The van der Waals surface area contributed by atoms with E-state index in [1.165, 1.54) is 13.2 Å². The highest BCUT2D eigenvalue weighted by Gasteiger charge is 2.22. The Labute approximate surface area is 149 Å². The summed E-state index contributed by atoms with van der Waals surface area (Å²) in [6.07, 6.45) is 0.923. The maximum absolute atomic E-state index is 12.5. The van der Waals surface area contributed by atoms with Gasteiger partial charge in [0.2, 0.25) is 0 Å². The van der Waals surface area contributed by atoms with Crippen molar-refractivity contribution in [1.82, 2.24) is 4.90 Å². The normalized spacial score (nSPS) is 11.7. The summed E-state index contributed by atoms with van der Waals surface area (Å²) in [6.45, 7) is 7.82. The molecule has 0 unspecified atom stereocenters. The maximum Gasteiger partial charge on any atom is 0.410 e. The topological polar surface area (TPSA) is 65.1 Å². The fourth-order valence-corrected chi connectivity index (χ4v) is 2.07. The third kappa shape index (κ3) is 7.74. The smallest absolute Gasteiger partial charge is 0.410 e. The summed E-state index contributed by atoms with van der Waals surface area (Å²) in [5.41, 5.74) is 1.03. The van der Waals surface area contributed by atoms with Crippen molar-refractivity contribution in [2.45, 2.75) is 39.8 Å². The van der Waals surface area contributed by atoms with Gasteiger partial charge in [0.05, 0.1) is 14.2 Å². The Bertz CT molecular complexity index is 614. The van der Waals surface area contributed by atoms with E-state index in [0.717, 1.165) is 11.3 Å². The molecular formula is C19H27NO5. The summed E-state index contributed by atoms with van der Waals surface area (Å²) in [4.78, 5) is 25.4. The molecule has 0 fully saturated rings. The van der Waals surface area contributed by atoms with Crippen LogP contribution in [0.5, 0.6) is 5.75 Å². The van der Waals surface area contributed by atoms with E-state index in [1.54, 1.807) is 18.9 Å². The SMILES string of the molecule is COC(=O)/C=C(\C)CN(Cc1ccc(OC)cc1)C(=O)OC(C)(C)C. The predicted molar refractivity (Wildman–Crippen MR) is 95.4 cm³/mol. The van der Waals surface area contributed by atoms with Crippen molar-refractivity contribution in [3.05, 3.63) is 41.5 Å². The number of hydrogen-bond donors (Lipinski definition) is 0. The molecule has 0 aromatic heterocycles. The molecular weight excluding hydrogens is 322 g/mol. The molecule has 0 saturated carbocycles. The van der Waals surface area contributed by atoms with E-state index in [-0.39, 0.29) is 6.54 Å². The van der Waals surface area contributed by atoms with Gasteiger partial charge in [0, 0.05) is 19.2 Å². The van der Waals surface area contributed by atoms with Crippen molar-refractivity contribution >= 4 is 12.1 Å². The van der Waals surface area contributed by atoms with Gasteiger partial charge in [0.25, 0.3) is 0 Å². The number of amides is 1. The lowest BCUT2D eigenvalue weighted by atomic mass is 10.2. The van der Waals surface area contributed by atoms with E-state index in [4.69, 9.17) is 9.47 Å². The van der Waals surface area contributed by atoms with Gasteiger partial charge in [0.15, 0.2) is 0 Å². The number of esters is 1. The number of hydrogen-bond acceptors (Lipinski definition) is 5. The van der Waals surface area contributed by atoms with Crippen molar-refractivity contribution in [2.24, 2.45) is 0 Å². The van der Waals surface area contributed by atoms with Crippen LogP contribution in [0.3, 0.4) is 0 Å². The van der Waals surface area contributed by atoms with Crippen LogP contribution in [0.25, 0.3) is 0 Å². The van der Waals surface area contributed by atoms with Crippen LogP contribution >= 0.6 is 0 Å². The molecule has 0 saturated heterocycles. The molecule has 1 aromatic carbocycles. The minimum absolute atomic E-state index is 0.260. The van der Waals surface area contributed by atoms with Gasteiger partial charge in [-0.15, -0.1) is 0 Å². The van der Waals surface area contributed by atoms with E-state index in [2.05, 4.69) is 4.74 Å². The van der Waals surface area contributed by atoms with Gasteiger partial charge >= 0.3 is 12.1 Å². The lowest BCUT2D eigenvalue weighted by Gasteiger charge is -2.27. The fraction of sp³-hybridized carbons (Fsp3) is 0.474. The number of ether oxygens (including phenoxy) is 3. The van der Waals surface area contributed by atoms with Gasteiger partial charge in [-0.25, -0.2) is 9.59 Å². The number of carbonyl (C=O) groups is 2. The monoisotopic (exact) mass is 349 g/mol. The molecule has 25 heavy (non-hydrogen) atoms. The lowest BCUT2D eigenvalue weighted by Crippen LogP contribution is -2.37. The summed E-state index contributed by atoms with van der Waals surface area (Å²) in [5, 5.41) is 0. The molecule has 0 aliphatic rings. The molecule has 6 nitrogen and oxygen atoms in total. The predicted octanol–water partition coefficient (Wildman–Crippen LogP) is 3.55. The number of carbonyl (C=O) groups excluding carboxylic acids is 2. The Balaban J connectivity index is 2.94. The van der Waals surface area contributed by atoms with Gasteiger partial charge in [-0.3, -0.25) is 4.90 Å². The van der Waals surface area contributed by atoms with Crippen LogP contribution in [0.15, 0.2) is 35.9 Å². The van der Waals surface area contributed by atoms with Crippen LogP contribution in [0.4, 0.5) is 4.79 Å². The Morgan fingerprint density at radius 2 is 1.72 bits per heavy atom. The molecule has 138 valence electrons. The second kappa shape index (κ2) is 9.11. The molecule has 1 rings (SSSR count). The zero-order valence-corrected chi connectivity index (χ0v) is 15.8. The van der Waals surface area contributed by atoms with Crippen LogP contribution in [-0.4, -0.2) is 43.3 Å². The average Bonchev–Trinajstić information content (AvgIpc) is 2.53. The highest BCUT2D eigenvalue weighted by molar-refractivity contribution is 5.82. The standard InChI is InChI=1S/C19H27NO5/c1-14(11-17(21)24-6)12-20(18(22)25-19(2,3)4)13-15-7-9-16(23-5)10-8-15/h7-11H,12-13H2,1-6H3/b14-11+. The Hall–Kier alpha value is -2.50. The first-order chi connectivity index (χ1) is 11.6. The summed E-state index contributed by atoms with van der Waals surface area (Å²) in [5.74, 6) is 0.292. The van der Waals surface area contributed by atoms with E-state index < -0.39 is 17.7 Å². The number of benzene rings is 1. The fourth-order valence-electron chi connectivity index (χ4n) is 2.07. The van der Waals surface area contributed by atoms with Crippen molar-refractivity contribution < 1.29 is 23.8 Å². The second-order valence-electron chi connectivity index (χ2n) is 6.70. The van der Waals surface area contributed by atoms with E-state index in [9.17, 15) is 9.59 Å². The molecule has 0 atom stereocenters. The van der Waals surface area contributed by atoms with Crippen LogP contribution < -0.4 is 4.74 Å². The average molecular weight is 349 g/mol. The largest absolute Gasteiger partial charge is 0.497 e. The second-order valence-corrected chi connectivity index (χ2v) is 6.70. The first-order valence-electron chi connectivity index (χ1n) is 8.00. The zero-order valence-electron chi connectivity index (χ0n) is 15.8. The summed E-state index contributed by atoms with van der Waals surface area (Å²) in [6, 6.07) is 7.44. The minimum atomic E-state index is -0.602. The van der Waals surface area contributed by atoms with Crippen LogP contribution in [-0.2, 0) is 20.8 Å². The van der Waals surface area contributed by atoms with Gasteiger partial charge < -0.3 is 14.2 Å². The Kier molecular flexibility index (Phi) is 7.48. The third-order valence-electron chi connectivity index (χ3n) is 3.19. The first-order valence-corrected chi connectivity index (χ1v) is 8.00. The van der Waals surface area contributed by atoms with E-state index >= 15 is 0 Å². The van der Waals surface area contributed by atoms with Crippen molar-refractivity contribution in [1.29, 1.82) is 0 Å². The summed E-state index contributed by atoms with van der Waals surface area (Å²) >= 11 is 0. The van der Waals surface area contributed by atoms with Crippen LogP contribution in [0, 0.1) is 0 Å². The van der Waals surface area contributed by atoms with Crippen LogP contribution in [0.1, 0.15) is 33.3 Å². The summed E-state index contributed by atoms with van der Waals surface area (Å²) in [7, 11) is 2.91. The number of methoxy groups -OCH3 is 2. The molecule has 0 aliphatic heterocycles. The van der Waals surface area contributed by atoms with Crippen molar-refractivity contribution in [2.75, 3.05) is 20.8 Å².